The van der Waals surface area contributed by atoms with Crippen molar-refractivity contribution < 1.29 is 0 Å². The van der Waals surface area contributed by atoms with Crippen LogP contribution in [0.5, 0.6) is 0 Å². The molecule has 0 bridgehead atoms. The van der Waals surface area contributed by atoms with Gasteiger partial charge in [-0.25, -0.2) is 4.98 Å². The summed E-state index contributed by atoms with van der Waals surface area (Å²) >= 11 is 12.1. The number of halogens is 2. The van der Waals surface area contributed by atoms with Gasteiger partial charge in [0.15, 0.2) is 0 Å². The Hall–Kier alpha value is -2.36. The van der Waals surface area contributed by atoms with Crippen molar-refractivity contribution >= 4 is 34.2 Å². The maximum absolute atomic E-state index is 6.04. The molecule has 0 saturated carbocycles. The number of imidazole rings is 1. The normalized spacial score (nSPS) is 11.0. The van der Waals surface area contributed by atoms with Crippen LogP contribution in [0.4, 0.5) is 0 Å². The molecule has 0 amide bonds. The quantitative estimate of drug-likeness (QED) is 0.516. The lowest BCUT2D eigenvalue weighted by molar-refractivity contribution is 1.31. The smallest absolute Gasteiger partial charge is 0.138 e. The van der Waals surface area contributed by atoms with Crippen molar-refractivity contribution in [2.75, 3.05) is 0 Å². The lowest BCUT2D eigenvalue weighted by atomic mass is 10.1. The molecule has 4 aromatic rings. The van der Waals surface area contributed by atoms with Crippen molar-refractivity contribution in [3.63, 3.8) is 0 Å². The fourth-order valence-corrected chi connectivity index (χ4v) is 2.80. The first-order valence-corrected chi connectivity index (χ1v) is 7.83. The monoisotopic (exact) mass is 339 g/mol. The summed E-state index contributed by atoms with van der Waals surface area (Å²) in [6, 6.07) is 17.5. The molecular formula is C18H11Cl2N3. The highest BCUT2D eigenvalue weighted by molar-refractivity contribution is 6.42. The maximum Gasteiger partial charge on any atom is 0.138 e. The van der Waals surface area contributed by atoms with Crippen LogP contribution < -0.4 is 0 Å². The summed E-state index contributed by atoms with van der Waals surface area (Å²) in [6.07, 6.45) is 1.79. The molecule has 4 rings (SSSR count). The average molecular weight is 340 g/mol. The van der Waals surface area contributed by atoms with E-state index in [-0.39, 0.29) is 0 Å². The van der Waals surface area contributed by atoms with Crippen molar-refractivity contribution in [2.45, 2.75) is 0 Å². The highest BCUT2D eigenvalue weighted by atomic mass is 35.5. The van der Waals surface area contributed by atoms with E-state index in [1.807, 2.05) is 42.5 Å². The molecule has 23 heavy (non-hydrogen) atoms. The highest BCUT2D eigenvalue weighted by Crippen LogP contribution is 2.29. The molecule has 0 fully saturated rings. The van der Waals surface area contributed by atoms with E-state index in [0.717, 1.165) is 33.7 Å². The highest BCUT2D eigenvalue weighted by Gasteiger charge is 2.08. The zero-order valence-corrected chi connectivity index (χ0v) is 13.4. The second-order valence-corrected chi connectivity index (χ2v) is 5.98. The fourth-order valence-electron chi connectivity index (χ4n) is 2.47. The number of nitrogens with one attached hydrogen (secondary N) is 1. The number of H-pyrrole nitrogens is 1. The minimum atomic E-state index is 0.503. The third-order valence-electron chi connectivity index (χ3n) is 3.64. The topological polar surface area (TPSA) is 41.6 Å². The second kappa shape index (κ2) is 5.69. The number of pyridine rings is 1. The Morgan fingerprint density at radius 3 is 2.30 bits per heavy atom. The SMILES string of the molecule is Clc1cc2nc(-c3ccc(-c4ccccn4)cc3)[nH]c2cc1Cl. The molecule has 0 radical (unpaired) electrons. The van der Waals surface area contributed by atoms with Gasteiger partial charge in [0.25, 0.3) is 0 Å². The van der Waals surface area contributed by atoms with Crippen LogP contribution in [0, 0.1) is 0 Å². The van der Waals surface area contributed by atoms with Gasteiger partial charge in [0.05, 0.1) is 26.8 Å². The molecule has 3 nitrogen and oxygen atoms in total. The summed E-state index contributed by atoms with van der Waals surface area (Å²) in [7, 11) is 0. The van der Waals surface area contributed by atoms with E-state index in [2.05, 4.69) is 15.0 Å². The fraction of sp³-hybridized carbons (Fsp3) is 0. The summed E-state index contributed by atoms with van der Waals surface area (Å²) in [6.45, 7) is 0. The van der Waals surface area contributed by atoms with Gasteiger partial charge in [0.1, 0.15) is 5.82 Å². The van der Waals surface area contributed by atoms with Gasteiger partial charge in [-0.1, -0.05) is 53.5 Å². The van der Waals surface area contributed by atoms with E-state index in [1.165, 1.54) is 0 Å². The largest absolute Gasteiger partial charge is 0.338 e. The van der Waals surface area contributed by atoms with Crippen molar-refractivity contribution in [1.29, 1.82) is 0 Å². The number of benzene rings is 2. The third-order valence-corrected chi connectivity index (χ3v) is 4.37. The van der Waals surface area contributed by atoms with Gasteiger partial charge in [-0.15, -0.1) is 0 Å². The molecule has 0 aliphatic heterocycles. The summed E-state index contributed by atoms with van der Waals surface area (Å²) in [5.74, 6) is 0.783. The van der Waals surface area contributed by atoms with E-state index in [4.69, 9.17) is 23.2 Å². The van der Waals surface area contributed by atoms with E-state index in [1.54, 1.807) is 18.3 Å². The Kier molecular flexibility index (Phi) is 3.52. The maximum atomic E-state index is 6.04. The Labute approximate surface area is 142 Å². The number of nitrogens with zero attached hydrogens (tertiary/aromatic N) is 2. The molecule has 1 N–H and O–H groups in total. The van der Waals surface area contributed by atoms with Crippen LogP contribution in [0.25, 0.3) is 33.7 Å². The number of aromatic nitrogens is 3. The first-order valence-electron chi connectivity index (χ1n) is 7.07. The summed E-state index contributed by atoms with van der Waals surface area (Å²) in [5.41, 5.74) is 4.67. The number of hydrogen-bond donors (Lipinski definition) is 1. The van der Waals surface area contributed by atoms with Crippen molar-refractivity contribution in [1.82, 2.24) is 15.0 Å². The van der Waals surface area contributed by atoms with Gasteiger partial charge in [-0.3, -0.25) is 4.98 Å². The Balaban J connectivity index is 1.73. The zero-order chi connectivity index (χ0) is 15.8. The summed E-state index contributed by atoms with van der Waals surface area (Å²) in [4.78, 5) is 12.2. The molecule has 2 heterocycles. The van der Waals surface area contributed by atoms with Crippen LogP contribution >= 0.6 is 23.2 Å². The lowest BCUT2D eigenvalue weighted by Gasteiger charge is -2.01. The van der Waals surface area contributed by atoms with E-state index < -0.39 is 0 Å². The zero-order valence-electron chi connectivity index (χ0n) is 11.9. The Bertz CT molecular complexity index is 938. The van der Waals surface area contributed by atoms with Gasteiger partial charge in [0, 0.05) is 17.3 Å². The summed E-state index contributed by atoms with van der Waals surface area (Å²) < 4.78 is 0. The van der Waals surface area contributed by atoms with Crippen LogP contribution in [-0.2, 0) is 0 Å². The van der Waals surface area contributed by atoms with Gasteiger partial charge >= 0.3 is 0 Å². The van der Waals surface area contributed by atoms with Gasteiger partial charge in [-0.2, -0.15) is 0 Å². The van der Waals surface area contributed by atoms with Gasteiger partial charge in [-0.05, 0) is 24.3 Å². The van der Waals surface area contributed by atoms with Crippen molar-refractivity contribution in [3.8, 4) is 22.6 Å². The van der Waals surface area contributed by atoms with E-state index in [9.17, 15) is 0 Å². The average Bonchev–Trinajstić information content (AvgIpc) is 2.99. The molecule has 0 spiro atoms. The molecular weight excluding hydrogens is 329 g/mol. The minimum Gasteiger partial charge on any atom is -0.338 e. The predicted molar refractivity (Wildman–Crippen MR) is 94.8 cm³/mol. The molecule has 0 aliphatic rings. The van der Waals surface area contributed by atoms with E-state index in [0.29, 0.717) is 10.0 Å². The Morgan fingerprint density at radius 1 is 0.826 bits per heavy atom. The molecule has 0 aliphatic carbocycles. The number of rotatable bonds is 2. The Morgan fingerprint density at radius 2 is 1.57 bits per heavy atom. The molecule has 0 atom stereocenters. The molecule has 2 aromatic heterocycles. The molecule has 5 heteroatoms. The van der Waals surface area contributed by atoms with Gasteiger partial charge in [0.2, 0.25) is 0 Å². The van der Waals surface area contributed by atoms with E-state index >= 15 is 0 Å². The van der Waals surface area contributed by atoms with Crippen LogP contribution in [0.2, 0.25) is 10.0 Å². The molecule has 0 unspecified atom stereocenters. The van der Waals surface area contributed by atoms with Crippen molar-refractivity contribution in [3.05, 3.63) is 70.8 Å². The van der Waals surface area contributed by atoms with Gasteiger partial charge < -0.3 is 4.98 Å². The second-order valence-electron chi connectivity index (χ2n) is 5.16. The third kappa shape index (κ3) is 2.69. The van der Waals surface area contributed by atoms with Crippen molar-refractivity contribution in [2.24, 2.45) is 0 Å². The number of hydrogen-bond acceptors (Lipinski definition) is 2. The number of fused-ring (bicyclic) bond motifs is 1. The van der Waals surface area contributed by atoms with Crippen LogP contribution in [0.3, 0.4) is 0 Å². The van der Waals surface area contributed by atoms with Crippen LogP contribution in [-0.4, -0.2) is 15.0 Å². The standard InChI is InChI=1S/C18H11Cl2N3/c19-13-9-16-17(10-14(13)20)23-18(22-16)12-6-4-11(5-7-12)15-3-1-2-8-21-15/h1-10H,(H,22,23). The predicted octanol–water partition coefficient (Wildman–Crippen LogP) is 5.60. The molecule has 112 valence electrons. The van der Waals surface area contributed by atoms with Crippen LogP contribution in [0.15, 0.2) is 60.8 Å². The molecule has 2 aromatic carbocycles. The number of aromatic amines is 1. The lowest BCUT2D eigenvalue weighted by Crippen LogP contribution is -1.84. The summed E-state index contributed by atoms with van der Waals surface area (Å²) in [5, 5.41) is 1.02. The minimum absolute atomic E-state index is 0.503. The van der Waals surface area contributed by atoms with Crippen LogP contribution in [0.1, 0.15) is 0 Å². The first-order chi connectivity index (χ1) is 11.2. The molecule has 0 saturated heterocycles. The first kappa shape index (κ1) is 14.2.